The summed E-state index contributed by atoms with van der Waals surface area (Å²) < 4.78 is 26.3. The molecule has 0 fully saturated rings. The number of carbonyl (C=O) groups excluding carboxylic acids is 1. The van der Waals surface area contributed by atoms with E-state index in [1.165, 1.54) is 24.3 Å². The van der Waals surface area contributed by atoms with Crippen molar-refractivity contribution in [3.8, 4) is 0 Å². The van der Waals surface area contributed by atoms with Crippen LogP contribution in [0.25, 0.3) is 0 Å². The second kappa shape index (κ2) is 6.01. The van der Waals surface area contributed by atoms with Gasteiger partial charge in [-0.3, -0.25) is 4.79 Å². The zero-order valence-electron chi connectivity index (χ0n) is 10.7. The van der Waals surface area contributed by atoms with Crippen molar-refractivity contribution in [1.29, 1.82) is 0 Å². The summed E-state index contributed by atoms with van der Waals surface area (Å²) in [5.74, 6) is -1.34. The summed E-state index contributed by atoms with van der Waals surface area (Å²) in [5.41, 5.74) is 1.38. The lowest BCUT2D eigenvalue weighted by Gasteiger charge is -2.07. The average molecular weight is 296 g/mol. The first kappa shape index (κ1) is 14.5. The molecule has 0 spiro atoms. The van der Waals surface area contributed by atoms with Crippen LogP contribution in [0, 0.1) is 18.6 Å². The van der Waals surface area contributed by atoms with Gasteiger partial charge in [-0.2, -0.15) is 0 Å². The minimum atomic E-state index is -0.512. The number of halogens is 3. The Balaban J connectivity index is 2.04. The molecule has 0 unspecified atom stereocenters. The van der Waals surface area contributed by atoms with Crippen LogP contribution in [0.2, 0.25) is 5.02 Å². The molecule has 0 saturated carbocycles. The molecule has 0 aliphatic rings. The van der Waals surface area contributed by atoms with Gasteiger partial charge in [0, 0.05) is 12.1 Å². The van der Waals surface area contributed by atoms with E-state index in [1.807, 2.05) is 0 Å². The number of hydrogen-bond donors (Lipinski definition) is 1. The Morgan fingerprint density at radius 3 is 2.55 bits per heavy atom. The number of amides is 1. The van der Waals surface area contributed by atoms with Crippen LogP contribution in [0.5, 0.6) is 0 Å². The molecule has 2 nitrogen and oxygen atoms in total. The van der Waals surface area contributed by atoms with E-state index in [2.05, 4.69) is 5.32 Å². The molecule has 5 heteroatoms. The van der Waals surface area contributed by atoms with Crippen LogP contribution in [0.4, 0.5) is 8.78 Å². The lowest BCUT2D eigenvalue weighted by molar-refractivity contribution is 0.0950. The average Bonchev–Trinajstić information content (AvgIpc) is 2.43. The molecule has 104 valence electrons. The van der Waals surface area contributed by atoms with Gasteiger partial charge >= 0.3 is 0 Å². The Morgan fingerprint density at radius 1 is 1.15 bits per heavy atom. The minimum Gasteiger partial charge on any atom is -0.348 e. The van der Waals surface area contributed by atoms with Crippen molar-refractivity contribution < 1.29 is 13.6 Å². The Bertz CT molecular complexity index is 658. The van der Waals surface area contributed by atoms with E-state index < -0.39 is 17.5 Å². The van der Waals surface area contributed by atoms with Gasteiger partial charge in [0.05, 0.1) is 5.02 Å². The van der Waals surface area contributed by atoms with Gasteiger partial charge < -0.3 is 5.32 Å². The summed E-state index contributed by atoms with van der Waals surface area (Å²) in [6.07, 6.45) is 0. The zero-order valence-corrected chi connectivity index (χ0v) is 11.5. The molecule has 0 atom stereocenters. The molecule has 1 amide bonds. The van der Waals surface area contributed by atoms with Crippen molar-refractivity contribution in [3.63, 3.8) is 0 Å². The third-order valence-electron chi connectivity index (χ3n) is 2.87. The highest BCUT2D eigenvalue weighted by atomic mass is 35.5. The summed E-state index contributed by atoms with van der Waals surface area (Å²) in [7, 11) is 0. The molecule has 2 aromatic rings. The monoisotopic (exact) mass is 295 g/mol. The highest BCUT2D eigenvalue weighted by Crippen LogP contribution is 2.16. The molecule has 1 N–H and O–H groups in total. The zero-order chi connectivity index (χ0) is 14.7. The first-order chi connectivity index (χ1) is 9.47. The standard InChI is InChI=1S/C15H12ClF2NO/c1-9-2-4-11(7-14(9)18)15(20)19-8-10-3-5-13(17)12(16)6-10/h2-7H,8H2,1H3,(H,19,20). The molecule has 0 bridgehead atoms. The van der Waals surface area contributed by atoms with E-state index in [1.54, 1.807) is 19.1 Å². The van der Waals surface area contributed by atoms with E-state index in [0.29, 0.717) is 11.1 Å². The molecule has 2 rings (SSSR count). The number of carbonyl (C=O) groups is 1. The van der Waals surface area contributed by atoms with Crippen molar-refractivity contribution in [2.24, 2.45) is 0 Å². The molecule has 0 heterocycles. The summed E-state index contributed by atoms with van der Waals surface area (Å²) in [4.78, 5) is 11.8. The third-order valence-corrected chi connectivity index (χ3v) is 3.16. The predicted molar refractivity (Wildman–Crippen MR) is 73.7 cm³/mol. The van der Waals surface area contributed by atoms with Crippen LogP contribution in [0.3, 0.4) is 0 Å². The fraction of sp³-hybridized carbons (Fsp3) is 0.133. The molecule has 0 aliphatic carbocycles. The number of hydrogen-bond acceptors (Lipinski definition) is 1. The summed E-state index contributed by atoms with van der Waals surface area (Å²) >= 11 is 5.65. The second-order valence-electron chi connectivity index (χ2n) is 4.40. The lowest BCUT2D eigenvalue weighted by atomic mass is 10.1. The molecule has 2 aromatic carbocycles. The largest absolute Gasteiger partial charge is 0.348 e. The van der Waals surface area contributed by atoms with E-state index in [9.17, 15) is 13.6 Å². The van der Waals surface area contributed by atoms with Gasteiger partial charge in [0.15, 0.2) is 0 Å². The van der Waals surface area contributed by atoms with Crippen molar-refractivity contribution in [3.05, 3.63) is 69.7 Å². The van der Waals surface area contributed by atoms with Gasteiger partial charge in [0.1, 0.15) is 11.6 Å². The first-order valence-corrected chi connectivity index (χ1v) is 6.33. The topological polar surface area (TPSA) is 29.1 Å². The first-order valence-electron chi connectivity index (χ1n) is 5.95. The Labute approximate surface area is 120 Å². The minimum absolute atomic E-state index is 0.00173. The molecular formula is C15H12ClF2NO. The Morgan fingerprint density at radius 2 is 1.90 bits per heavy atom. The van der Waals surface area contributed by atoms with Crippen LogP contribution < -0.4 is 5.32 Å². The molecule has 0 radical (unpaired) electrons. The predicted octanol–water partition coefficient (Wildman–Crippen LogP) is 3.86. The van der Waals surface area contributed by atoms with Crippen molar-refractivity contribution in [2.45, 2.75) is 13.5 Å². The second-order valence-corrected chi connectivity index (χ2v) is 4.80. The smallest absolute Gasteiger partial charge is 0.251 e. The highest BCUT2D eigenvalue weighted by Gasteiger charge is 2.08. The molecule has 0 aliphatic heterocycles. The SMILES string of the molecule is Cc1ccc(C(=O)NCc2ccc(F)c(Cl)c2)cc1F. The third kappa shape index (κ3) is 3.33. The van der Waals surface area contributed by atoms with Gasteiger partial charge in [-0.15, -0.1) is 0 Å². The number of nitrogens with one attached hydrogen (secondary N) is 1. The van der Waals surface area contributed by atoms with E-state index >= 15 is 0 Å². The fourth-order valence-corrected chi connectivity index (χ4v) is 1.87. The highest BCUT2D eigenvalue weighted by molar-refractivity contribution is 6.30. The number of rotatable bonds is 3. The van der Waals surface area contributed by atoms with Crippen molar-refractivity contribution in [2.75, 3.05) is 0 Å². The number of benzene rings is 2. The van der Waals surface area contributed by atoms with Crippen LogP contribution in [-0.2, 0) is 6.54 Å². The normalized spacial score (nSPS) is 10.4. The van der Waals surface area contributed by atoms with E-state index in [-0.39, 0.29) is 17.1 Å². The quantitative estimate of drug-likeness (QED) is 0.915. The van der Waals surface area contributed by atoms with Gasteiger partial charge in [-0.05, 0) is 42.3 Å². The van der Waals surface area contributed by atoms with Gasteiger partial charge in [0.25, 0.3) is 5.91 Å². The van der Waals surface area contributed by atoms with Crippen molar-refractivity contribution >= 4 is 17.5 Å². The molecule has 20 heavy (non-hydrogen) atoms. The van der Waals surface area contributed by atoms with Gasteiger partial charge in [-0.1, -0.05) is 23.7 Å². The summed E-state index contributed by atoms with van der Waals surface area (Å²) in [6, 6.07) is 8.46. The van der Waals surface area contributed by atoms with Crippen LogP contribution in [-0.4, -0.2) is 5.91 Å². The molecular weight excluding hydrogens is 284 g/mol. The fourth-order valence-electron chi connectivity index (χ4n) is 1.67. The maximum absolute atomic E-state index is 13.4. The van der Waals surface area contributed by atoms with Crippen LogP contribution in [0.1, 0.15) is 21.5 Å². The summed E-state index contributed by atoms with van der Waals surface area (Å²) in [6.45, 7) is 1.81. The number of aryl methyl sites for hydroxylation is 1. The van der Waals surface area contributed by atoms with Crippen LogP contribution >= 0.6 is 11.6 Å². The molecule has 0 aromatic heterocycles. The molecule has 0 saturated heterocycles. The van der Waals surface area contributed by atoms with Gasteiger partial charge in [0.2, 0.25) is 0 Å². The van der Waals surface area contributed by atoms with Crippen molar-refractivity contribution in [1.82, 2.24) is 5.32 Å². The van der Waals surface area contributed by atoms with Crippen LogP contribution in [0.15, 0.2) is 36.4 Å². The maximum atomic E-state index is 13.4. The van der Waals surface area contributed by atoms with E-state index in [0.717, 1.165) is 0 Å². The Hall–Kier alpha value is -1.94. The van der Waals surface area contributed by atoms with Gasteiger partial charge in [-0.25, -0.2) is 8.78 Å². The Kier molecular flexibility index (Phi) is 4.35. The van der Waals surface area contributed by atoms with E-state index in [4.69, 9.17) is 11.6 Å². The summed E-state index contributed by atoms with van der Waals surface area (Å²) in [5, 5.41) is 2.62. The maximum Gasteiger partial charge on any atom is 0.251 e. The lowest BCUT2D eigenvalue weighted by Crippen LogP contribution is -2.23.